The highest BCUT2D eigenvalue weighted by atomic mass is 35.5. The Kier molecular flexibility index (Phi) is 10.0. The summed E-state index contributed by atoms with van der Waals surface area (Å²) in [6.45, 7) is 5.00. The molecule has 2 heterocycles. The van der Waals surface area contributed by atoms with Crippen molar-refractivity contribution >= 4 is 28.8 Å². The molecular formula is C27H35ClF3N5O4. The summed E-state index contributed by atoms with van der Waals surface area (Å²) in [6.07, 6.45) is -5.87. The van der Waals surface area contributed by atoms with Crippen molar-refractivity contribution in [1.29, 1.82) is 0 Å². The lowest BCUT2D eigenvalue weighted by molar-refractivity contribution is -0.276. The Balaban J connectivity index is 2.12. The molecule has 0 saturated carbocycles. The van der Waals surface area contributed by atoms with Gasteiger partial charge in [-0.15, -0.1) is 0 Å². The van der Waals surface area contributed by atoms with Gasteiger partial charge >= 0.3 is 6.18 Å². The van der Waals surface area contributed by atoms with Crippen molar-refractivity contribution in [3.05, 3.63) is 40.2 Å². The summed E-state index contributed by atoms with van der Waals surface area (Å²) < 4.78 is 52.1. The zero-order valence-corrected chi connectivity index (χ0v) is 23.9. The molecule has 9 nitrogen and oxygen atoms in total. The first kappa shape index (κ1) is 31.6. The van der Waals surface area contributed by atoms with Gasteiger partial charge in [0.2, 0.25) is 0 Å². The number of allylic oxidation sites excluding steroid dienone is 2. The first-order valence-electron chi connectivity index (χ1n) is 12.7. The van der Waals surface area contributed by atoms with Gasteiger partial charge < -0.3 is 30.5 Å². The third kappa shape index (κ3) is 6.68. The molecule has 0 unspecified atom stereocenters. The number of ether oxygens (including phenoxy) is 2. The summed E-state index contributed by atoms with van der Waals surface area (Å²) in [5.74, 6) is 0.571. The predicted molar refractivity (Wildman–Crippen MR) is 147 cm³/mol. The molecule has 1 atom stereocenters. The lowest BCUT2D eigenvalue weighted by Gasteiger charge is -2.42. The highest BCUT2D eigenvalue weighted by molar-refractivity contribution is 6.33. The van der Waals surface area contributed by atoms with E-state index < -0.39 is 17.9 Å². The number of anilines is 1. The molecule has 0 radical (unpaired) electrons. The summed E-state index contributed by atoms with van der Waals surface area (Å²) in [5.41, 5.74) is 5.37. The highest BCUT2D eigenvalue weighted by Crippen LogP contribution is 2.43. The van der Waals surface area contributed by atoms with Gasteiger partial charge in [-0.1, -0.05) is 11.6 Å². The minimum Gasteiger partial charge on any atom is -0.491 e. The van der Waals surface area contributed by atoms with E-state index in [-0.39, 0.29) is 66.1 Å². The zero-order valence-electron chi connectivity index (χ0n) is 23.2. The molecule has 40 heavy (non-hydrogen) atoms. The van der Waals surface area contributed by atoms with Crippen molar-refractivity contribution in [2.24, 2.45) is 5.73 Å². The van der Waals surface area contributed by atoms with E-state index >= 15 is 0 Å². The molecule has 1 aliphatic heterocycles. The molecule has 13 heteroatoms. The lowest BCUT2D eigenvalue weighted by Crippen LogP contribution is -2.55. The van der Waals surface area contributed by atoms with Crippen LogP contribution in [0.1, 0.15) is 37.9 Å². The molecule has 1 aromatic heterocycles. The Morgan fingerprint density at radius 3 is 2.45 bits per heavy atom. The standard InChI is InChI=1S/C27H35ClF3N5O4/c1-15-23(22(16(2)32)17(3)37)34-24(20-12-19(6-7-21(20)28)40-14-18(38)13-33-4)35-25(15)36-10-8-26(39-5,9-11-36)27(29,30)31/h6-7,12,18,33,38H,8-11,13-14,32H2,1-5H3/t18-/m1/s1. The fourth-order valence-corrected chi connectivity index (χ4v) is 4.95. The van der Waals surface area contributed by atoms with E-state index in [0.717, 1.165) is 7.11 Å². The molecule has 4 N–H and O–H groups in total. The summed E-state index contributed by atoms with van der Waals surface area (Å²) in [5, 5.41) is 13.1. The van der Waals surface area contributed by atoms with Gasteiger partial charge in [-0.05, 0) is 46.0 Å². The molecule has 1 aliphatic rings. The number of hydrogen-bond donors (Lipinski definition) is 3. The van der Waals surface area contributed by atoms with E-state index in [0.29, 0.717) is 29.2 Å². The van der Waals surface area contributed by atoms with E-state index in [1.54, 1.807) is 44.0 Å². The molecular weight excluding hydrogens is 551 g/mol. The molecule has 220 valence electrons. The number of methoxy groups -OCH3 is 1. The van der Waals surface area contributed by atoms with Crippen LogP contribution in [0.4, 0.5) is 19.0 Å². The maximum atomic E-state index is 13.8. The van der Waals surface area contributed by atoms with Gasteiger partial charge in [-0.25, -0.2) is 9.97 Å². The Hall–Kier alpha value is -2.93. The van der Waals surface area contributed by atoms with Crippen molar-refractivity contribution in [2.45, 2.75) is 51.5 Å². The number of nitrogens with two attached hydrogens (primary N) is 1. The molecule has 0 aliphatic carbocycles. The number of carbonyl (C=O) groups excluding carboxylic acids is 1. The topological polar surface area (TPSA) is 123 Å². The largest absolute Gasteiger partial charge is 0.491 e. The fraction of sp³-hybridized carbons (Fsp3) is 0.519. The van der Waals surface area contributed by atoms with Crippen LogP contribution in [0.3, 0.4) is 0 Å². The lowest BCUT2D eigenvalue weighted by atomic mass is 9.90. The minimum atomic E-state index is -4.53. The number of carbonyl (C=O) groups is 1. The van der Waals surface area contributed by atoms with Crippen molar-refractivity contribution in [3.63, 3.8) is 0 Å². The monoisotopic (exact) mass is 585 g/mol. The number of nitrogens with one attached hydrogen (secondary N) is 1. The number of hydrogen-bond acceptors (Lipinski definition) is 9. The molecule has 3 rings (SSSR count). The smallest absolute Gasteiger partial charge is 0.417 e. The van der Waals surface area contributed by atoms with Crippen LogP contribution >= 0.6 is 11.6 Å². The van der Waals surface area contributed by atoms with E-state index in [2.05, 4.69) is 10.3 Å². The third-order valence-electron chi connectivity index (χ3n) is 6.94. The number of rotatable bonds is 10. The number of benzene rings is 1. The van der Waals surface area contributed by atoms with Crippen LogP contribution in [0.2, 0.25) is 5.02 Å². The van der Waals surface area contributed by atoms with Crippen molar-refractivity contribution < 1.29 is 32.5 Å². The number of aliphatic hydroxyl groups is 1. The van der Waals surface area contributed by atoms with E-state index in [1.165, 1.54) is 6.92 Å². The number of ketones is 1. The van der Waals surface area contributed by atoms with Gasteiger partial charge in [0.15, 0.2) is 17.2 Å². The second-order valence-electron chi connectivity index (χ2n) is 9.81. The number of piperidine rings is 1. The number of likely N-dealkylation sites (N-methyl/N-ethyl adjacent to an activating group) is 1. The first-order valence-corrected chi connectivity index (χ1v) is 13.1. The van der Waals surface area contributed by atoms with Crippen molar-refractivity contribution in [1.82, 2.24) is 15.3 Å². The molecule has 0 amide bonds. The van der Waals surface area contributed by atoms with Gasteiger partial charge in [-0.2, -0.15) is 13.2 Å². The molecule has 2 aromatic rings. The van der Waals surface area contributed by atoms with Crippen LogP contribution in [-0.4, -0.2) is 79.1 Å². The molecule has 1 saturated heterocycles. The fourth-order valence-electron chi connectivity index (χ4n) is 4.74. The van der Waals surface area contributed by atoms with Crippen LogP contribution in [0, 0.1) is 6.92 Å². The van der Waals surface area contributed by atoms with Gasteiger partial charge in [-0.3, -0.25) is 4.79 Å². The summed E-state index contributed by atoms with van der Waals surface area (Å²) in [7, 11) is 2.78. The van der Waals surface area contributed by atoms with Gasteiger partial charge in [0.05, 0.1) is 16.3 Å². The number of Topliss-reactive ketones (excluding diaryl/α,β-unsaturated/α-hetero) is 1. The number of nitrogens with zero attached hydrogens (tertiary/aromatic N) is 3. The second-order valence-corrected chi connectivity index (χ2v) is 10.2. The quantitative estimate of drug-likeness (QED) is 0.356. The Labute approximate surface area is 236 Å². The van der Waals surface area contributed by atoms with E-state index in [4.69, 9.17) is 31.8 Å². The van der Waals surface area contributed by atoms with Crippen LogP contribution in [-0.2, 0) is 9.53 Å². The predicted octanol–water partition coefficient (Wildman–Crippen LogP) is 3.89. The second kappa shape index (κ2) is 12.7. The summed E-state index contributed by atoms with van der Waals surface area (Å²) >= 11 is 6.53. The normalized spacial score (nSPS) is 16.9. The van der Waals surface area contributed by atoms with Crippen LogP contribution in [0.25, 0.3) is 17.0 Å². The summed E-state index contributed by atoms with van der Waals surface area (Å²) in [4.78, 5) is 23.7. The average Bonchev–Trinajstić information content (AvgIpc) is 2.88. The Bertz CT molecular complexity index is 1260. The molecule has 1 fully saturated rings. The third-order valence-corrected chi connectivity index (χ3v) is 7.27. The summed E-state index contributed by atoms with van der Waals surface area (Å²) in [6, 6.07) is 4.83. The SMILES string of the molecule is CNC[C@@H](O)COc1ccc(Cl)c(-c2nc(C(C(C)=O)=C(C)N)c(C)c(N3CCC(OC)(C(F)(F)F)CC3)n2)c1. The first-order chi connectivity index (χ1) is 18.7. The number of alkyl halides is 3. The maximum absolute atomic E-state index is 13.8. The average molecular weight is 586 g/mol. The van der Waals surface area contributed by atoms with Crippen molar-refractivity contribution in [2.75, 3.05) is 45.3 Å². The minimum absolute atomic E-state index is 0.00500. The van der Waals surface area contributed by atoms with Gasteiger partial charge in [0.25, 0.3) is 0 Å². The molecule has 1 aromatic carbocycles. The van der Waals surface area contributed by atoms with Crippen LogP contribution in [0.5, 0.6) is 5.75 Å². The van der Waals surface area contributed by atoms with E-state index in [1.807, 2.05) is 0 Å². The highest BCUT2D eigenvalue weighted by Gasteiger charge is 2.56. The number of halogens is 4. The van der Waals surface area contributed by atoms with Gasteiger partial charge in [0, 0.05) is 56.4 Å². The Morgan fingerprint density at radius 2 is 1.93 bits per heavy atom. The van der Waals surface area contributed by atoms with E-state index in [9.17, 15) is 23.1 Å². The Morgan fingerprint density at radius 1 is 1.27 bits per heavy atom. The molecule has 0 spiro atoms. The van der Waals surface area contributed by atoms with Crippen LogP contribution < -0.4 is 20.7 Å². The van der Waals surface area contributed by atoms with Gasteiger partial charge in [0.1, 0.15) is 24.3 Å². The van der Waals surface area contributed by atoms with Crippen molar-refractivity contribution in [3.8, 4) is 17.1 Å². The number of aromatic nitrogens is 2. The zero-order chi connectivity index (χ0) is 29.8. The molecule has 0 bridgehead atoms. The maximum Gasteiger partial charge on any atom is 0.417 e. The number of aliphatic hydroxyl groups excluding tert-OH is 1. The van der Waals surface area contributed by atoms with Crippen LogP contribution in [0.15, 0.2) is 23.9 Å².